The van der Waals surface area contributed by atoms with Gasteiger partial charge >= 0.3 is 0 Å². The first-order chi connectivity index (χ1) is 9.10. The summed E-state index contributed by atoms with van der Waals surface area (Å²) in [5.41, 5.74) is 2.13. The fourth-order valence-corrected chi connectivity index (χ4v) is 2.63. The van der Waals surface area contributed by atoms with Crippen molar-refractivity contribution in [2.45, 2.75) is 27.2 Å². The normalized spacial score (nSPS) is 10.5. The molecule has 2 aromatic heterocycles. The summed E-state index contributed by atoms with van der Waals surface area (Å²) in [5.74, 6) is 2.53. The van der Waals surface area contributed by atoms with E-state index in [-0.39, 0.29) is 0 Å². The van der Waals surface area contributed by atoms with E-state index in [4.69, 9.17) is 0 Å². The van der Waals surface area contributed by atoms with Crippen molar-refractivity contribution in [2.24, 2.45) is 0 Å². The van der Waals surface area contributed by atoms with E-state index in [0.29, 0.717) is 0 Å². The number of nitrogens with one attached hydrogen (secondary N) is 2. The minimum Gasteiger partial charge on any atom is -0.373 e. The maximum Gasteiger partial charge on any atom is 0.134 e. The second-order valence-electron chi connectivity index (χ2n) is 4.40. The van der Waals surface area contributed by atoms with Crippen molar-refractivity contribution in [3.8, 4) is 0 Å². The van der Waals surface area contributed by atoms with E-state index in [2.05, 4.69) is 31.0 Å². The topological polar surface area (TPSA) is 62.7 Å². The molecule has 0 saturated carbocycles. The number of anilines is 2. The molecule has 0 saturated heterocycles. The number of rotatable bonds is 5. The van der Waals surface area contributed by atoms with Gasteiger partial charge in [0.25, 0.3) is 0 Å². The van der Waals surface area contributed by atoms with Crippen LogP contribution in [0.4, 0.5) is 11.6 Å². The molecule has 5 nitrogen and oxygen atoms in total. The molecule has 6 heteroatoms. The highest BCUT2D eigenvalue weighted by molar-refractivity contribution is 7.09. The van der Waals surface area contributed by atoms with Gasteiger partial charge in [0, 0.05) is 36.7 Å². The Balaban J connectivity index is 2.01. The van der Waals surface area contributed by atoms with E-state index in [1.807, 2.05) is 27.8 Å². The molecule has 0 fully saturated rings. The number of aryl methyl sites for hydroxylation is 2. The number of thiazole rings is 1. The lowest BCUT2D eigenvalue weighted by Gasteiger charge is -2.12. The minimum absolute atomic E-state index is 0.766. The van der Waals surface area contributed by atoms with E-state index in [1.54, 1.807) is 11.3 Å². The van der Waals surface area contributed by atoms with Crippen molar-refractivity contribution in [3.63, 3.8) is 0 Å². The Bertz CT molecular complexity index is 564. The lowest BCUT2D eigenvalue weighted by molar-refractivity contribution is 0.955. The van der Waals surface area contributed by atoms with Crippen molar-refractivity contribution in [1.82, 2.24) is 15.0 Å². The van der Waals surface area contributed by atoms with Crippen LogP contribution in [-0.2, 0) is 6.42 Å². The number of aromatic nitrogens is 3. The first-order valence-corrected chi connectivity index (χ1v) is 7.16. The molecule has 0 spiro atoms. The van der Waals surface area contributed by atoms with Crippen molar-refractivity contribution in [3.05, 3.63) is 27.5 Å². The Morgan fingerprint density at radius 1 is 1.11 bits per heavy atom. The largest absolute Gasteiger partial charge is 0.373 e. The molecule has 0 aromatic carbocycles. The van der Waals surface area contributed by atoms with E-state index in [1.165, 1.54) is 0 Å². The van der Waals surface area contributed by atoms with Gasteiger partial charge in [-0.15, -0.1) is 11.3 Å². The third-order valence-electron chi connectivity index (χ3n) is 2.79. The van der Waals surface area contributed by atoms with Gasteiger partial charge in [-0.25, -0.2) is 15.0 Å². The summed E-state index contributed by atoms with van der Waals surface area (Å²) in [6.45, 7) is 6.76. The molecule has 0 unspecified atom stereocenters. The van der Waals surface area contributed by atoms with Crippen LogP contribution in [0, 0.1) is 20.8 Å². The van der Waals surface area contributed by atoms with Crippen LogP contribution in [0.1, 0.15) is 22.1 Å². The monoisotopic (exact) mass is 277 g/mol. The summed E-state index contributed by atoms with van der Waals surface area (Å²) in [6.07, 6.45) is 0.913. The van der Waals surface area contributed by atoms with E-state index in [9.17, 15) is 0 Å². The fraction of sp³-hybridized carbons (Fsp3) is 0.462. The summed E-state index contributed by atoms with van der Waals surface area (Å²) in [6, 6.07) is 0. The fourth-order valence-electron chi connectivity index (χ4n) is 1.85. The highest BCUT2D eigenvalue weighted by Gasteiger charge is 2.07. The second kappa shape index (κ2) is 5.97. The summed E-state index contributed by atoms with van der Waals surface area (Å²) < 4.78 is 0. The lowest BCUT2D eigenvalue weighted by Crippen LogP contribution is -2.11. The Morgan fingerprint density at radius 2 is 1.84 bits per heavy atom. The van der Waals surface area contributed by atoms with Crippen molar-refractivity contribution in [1.29, 1.82) is 0 Å². The molecule has 0 bridgehead atoms. The third-order valence-corrected chi connectivity index (χ3v) is 3.82. The highest BCUT2D eigenvalue weighted by Crippen LogP contribution is 2.19. The molecule has 0 radical (unpaired) electrons. The number of hydrogen-bond donors (Lipinski definition) is 2. The van der Waals surface area contributed by atoms with Crippen LogP contribution in [0.25, 0.3) is 0 Å². The minimum atomic E-state index is 0.766. The number of nitrogens with zero attached hydrogens (tertiary/aromatic N) is 3. The molecule has 2 heterocycles. The lowest BCUT2D eigenvalue weighted by atomic mass is 10.3. The molecule has 0 amide bonds. The van der Waals surface area contributed by atoms with Gasteiger partial charge in [-0.05, 0) is 20.8 Å². The maximum atomic E-state index is 4.45. The summed E-state index contributed by atoms with van der Waals surface area (Å²) in [7, 11) is 1.87. The van der Waals surface area contributed by atoms with Gasteiger partial charge in [0.1, 0.15) is 17.5 Å². The van der Waals surface area contributed by atoms with Gasteiger partial charge in [-0.1, -0.05) is 0 Å². The van der Waals surface area contributed by atoms with Crippen LogP contribution in [0.5, 0.6) is 0 Å². The Kier molecular flexibility index (Phi) is 4.31. The molecular weight excluding hydrogens is 258 g/mol. The number of hydrogen-bond acceptors (Lipinski definition) is 6. The molecule has 0 aliphatic heterocycles. The average molecular weight is 277 g/mol. The predicted molar refractivity (Wildman–Crippen MR) is 80.1 cm³/mol. The maximum absolute atomic E-state index is 4.45. The average Bonchev–Trinajstić information content (AvgIpc) is 2.79. The van der Waals surface area contributed by atoms with Crippen LogP contribution in [0.2, 0.25) is 0 Å². The second-order valence-corrected chi connectivity index (χ2v) is 5.35. The third kappa shape index (κ3) is 3.41. The molecule has 102 valence electrons. The van der Waals surface area contributed by atoms with E-state index in [0.717, 1.165) is 46.7 Å². The van der Waals surface area contributed by atoms with Crippen LogP contribution < -0.4 is 10.6 Å². The van der Waals surface area contributed by atoms with Crippen molar-refractivity contribution >= 4 is 23.0 Å². The molecule has 2 N–H and O–H groups in total. The quantitative estimate of drug-likeness (QED) is 0.879. The molecular formula is C13H19N5S. The van der Waals surface area contributed by atoms with Crippen LogP contribution >= 0.6 is 11.3 Å². The van der Waals surface area contributed by atoms with Crippen molar-refractivity contribution in [2.75, 3.05) is 24.2 Å². The standard InChI is InChI=1S/C13H19N5S/c1-8-7-19-11(16-8)5-6-15-13-9(2)12(14-4)17-10(3)18-13/h7H,5-6H2,1-4H3,(H2,14,15,17,18). The molecule has 19 heavy (non-hydrogen) atoms. The zero-order chi connectivity index (χ0) is 13.8. The smallest absolute Gasteiger partial charge is 0.134 e. The van der Waals surface area contributed by atoms with Gasteiger partial charge in [-0.2, -0.15) is 0 Å². The Labute approximate surface area is 117 Å². The molecule has 0 aliphatic rings. The summed E-state index contributed by atoms with van der Waals surface area (Å²) in [5, 5.41) is 9.68. The van der Waals surface area contributed by atoms with Crippen LogP contribution in [0.15, 0.2) is 5.38 Å². The molecule has 0 atom stereocenters. The zero-order valence-electron chi connectivity index (χ0n) is 11.7. The predicted octanol–water partition coefficient (Wildman–Crippen LogP) is 2.55. The molecule has 2 rings (SSSR count). The SMILES string of the molecule is CNc1nc(C)nc(NCCc2nc(C)cs2)c1C. The van der Waals surface area contributed by atoms with Gasteiger partial charge in [0.15, 0.2) is 0 Å². The molecule has 0 aliphatic carbocycles. The Hall–Kier alpha value is -1.69. The molecule has 2 aromatic rings. The summed E-state index contributed by atoms with van der Waals surface area (Å²) >= 11 is 1.70. The van der Waals surface area contributed by atoms with Gasteiger partial charge in [-0.3, -0.25) is 0 Å². The zero-order valence-corrected chi connectivity index (χ0v) is 12.6. The van der Waals surface area contributed by atoms with Gasteiger partial charge in [0.05, 0.1) is 5.01 Å². The van der Waals surface area contributed by atoms with Crippen LogP contribution in [-0.4, -0.2) is 28.5 Å². The van der Waals surface area contributed by atoms with Gasteiger partial charge < -0.3 is 10.6 Å². The van der Waals surface area contributed by atoms with Gasteiger partial charge in [0.2, 0.25) is 0 Å². The first kappa shape index (κ1) is 13.7. The van der Waals surface area contributed by atoms with E-state index < -0.39 is 0 Å². The highest BCUT2D eigenvalue weighted by atomic mass is 32.1. The van der Waals surface area contributed by atoms with E-state index >= 15 is 0 Å². The van der Waals surface area contributed by atoms with Crippen molar-refractivity contribution < 1.29 is 0 Å². The van der Waals surface area contributed by atoms with Crippen LogP contribution in [0.3, 0.4) is 0 Å². The first-order valence-electron chi connectivity index (χ1n) is 6.28. The summed E-state index contributed by atoms with van der Waals surface area (Å²) in [4.78, 5) is 13.2. The Morgan fingerprint density at radius 3 is 2.47 bits per heavy atom.